The number of aromatic amines is 1. The zero-order valence-electron chi connectivity index (χ0n) is 10.4. The molecule has 2 N–H and O–H groups in total. The third-order valence-electron chi connectivity index (χ3n) is 3.10. The number of carbonyl (C=O) groups is 1. The van der Waals surface area contributed by atoms with Gasteiger partial charge in [-0.25, -0.2) is 0 Å². The van der Waals surface area contributed by atoms with Crippen molar-refractivity contribution in [2.24, 2.45) is 0 Å². The van der Waals surface area contributed by atoms with Crippen molar-refractivity contribution in [3.8, 4) is 0 Å². The number of aryl methyl sites for hydroxylation is 1. The van der Waals surface area contributed by atoms with Crippen LogP contribution in [0, 0.1) is 6.92 Å². The van der Waals surface area contributed by atoms with Crippen LogP contribution in [0.15, 0.2) is 41.1 Å². The fraction of sp³-hybridized carbons (Fsp3) is 0.143. The van der Waals surface area contributed by atoms with Crippen LogP contribution in [-0.2, 0) is 6.54 Å². The molecule has 2 aromatic heterocycles. The van der Waals surface area contributed by atoms with Gasteiger partial charge in [0.15, 0.2) is 0 Å². The predicted molar refractivity (Wildman–Crippen MR) is 70.7 cm³/mol. The van der Waals surface area contributed by atoms with Crippen LogP contribution in [0.5, 0.6) is 0 Å². The molecule has 0 radical (unpaired) electrons. The lowest BCUT2D eigenvalue weighted by atomic mass is 10.1. The van der Waals surface area contributed by atoms with E-state index in [2.05, 4.69) is 15.5 Å². The van der Waals surface area contributed by atoms with E-state index < -0.39 is 0 Å². The highest BCUT2D eigenvalue weighted by Gasteiger charge is 2.13. The number of hydrogen-bond acceptors (Lipinski definition) is 3. The van der Waals surface area contributed by atoms with Crippen molar-refractivity contribution < 1.29 is 9.21 Å². The van der Waals surface area contributed by atoms with Crippen molar-refractivity contribution >= 4 is 16.9 Å². The van der Waals surface area contributed by atoms with E-state index in [1.807, 2.05) is 31.2 Å². The molecule has 3 aromatic rings. The number of nitrogens with one attached hydrogen (secondary N) is 2. The molecule has 5 nitrogen and oxygen atoms in total. The molecule has 0 aliphatic rings. The van der Waals surface area contributed by atoms with E-state index in [1.165, 1.54) is 6.26 Å². The maximum Gasteiger partial charge on any atom is 0.255 e. The molecule has 5 heteroatoms. The van der Waals surface area contributed by atoms with Gasteiger partial charge in [0.2, 0.25) is 0 Å². The molecule has 1 aromatic carbocycles. The van der Waals surface area contributed by atoms with E-state index >= 15 is 0 Å². The molecule has 96 valence electrons. The highest BCUT2D eigenvalue weighted by atomic mass is 16.3. The van der Waals surface area contributed by atoms with Crippen molar-refractivity contribution in [2.75, 3.05) is 0 Å². The highest BCUT2D eigenvalue weighted by molar-refractivity contribution is 6.05. The summed E-state index contributed by atoms with van der Waals surface area (Å²) in [6.07, 6.45) is 3.20. The molecule has 0 fully saturated rings. The van der Waals surface area contributed by atoms with Crippen LogP contribution in [0.3, 0.4) is 0 Å². The standard InChI is InChI=1S/C14H13N3O2/c1-9-10(7-16-17-9)6-15-14(18)12-8-19-13-5-3-2-4-11(12)13/h2-5,7-8H,6H2,1H3,(H,15,18)(H,16,17). The number of para-hydroxylation sites is 1. The van der Waals surface area contributed by atoms with Crippen LogP contribution in [0.2, 0.25) is 0 Å². The second kappa shape index (κ2) is 4.61. The topological polar surface area (TPSA) is 70.9 Å². The Kier molecular flexibility index (Phi) is 2.79. The number of hydrogen-bond donors (Lipinski definition) is 2. The van der Waals surface area contributed by atoms with E-state index in [4.69, 9.17) is 4.42 Å². The fourth-order valence-electron chi connectivity index (χ4n) is 1.98. The summed E-state index contributed by atoms with van der Waals surface area (Å²) in [6, 6.07) is 7.47. The van der Waals surface area contributed by atoms with Gasteiger partial charge >= 0.3 is 0 Å². The Morgan fingerprint density at radius 2 is 2.26 bits per heavy atom. The third kappa shape index (κ3) is 2.10. The first-order valence-electron chi connectivity index (χ1n) is 5.99. The lowest BCUT2D eigenvalue weighted by Crippen LogP contribution is -2.22. The monoisotopic (exact) mass is 255 g/mol. The first-order chi connectivity index (χ1) is 9.25. The van der Waals surface area contributed by atoms with Crippen molar-refractivity contribution in [1.29, 1.82) is 0 Å². The third-order valence-corrected chi connectivity index (χ3v) is 3.10. The highest BCUT2D eigenvalue weighted by Crippen LogP contribution is 2.20. The number of rotatable bonds is 3. The molecule has 1 amide bonds. The summed E-state index contributed by atoms with van der Waals surface area (Å²) in [5.74, 6) is -0.148. The Morgan fingerprint density at radius 3 is 3.05 bits per heavy atom. The molecule has 0 aliphatic heterocycles. The Balaban J connectivity index is 1.79. The number of nitrogens with zero attached hydrogens (tertiary/aromatic N) is 1. The first-order valence-corrected chi connectivity index (χ1v) is 5.99. The van der Waals surface area contributed by atoms with Crippen LogP contribution < -0.4 is 5.32 Å². The van der Waals surface area contributed by atoms with Gasteiger partial charge in [-0.1, -0.05) is 18.2 Å². The maximum atomic E-state index is 12.1. The van der Waals surface area contributed by atoms with E-state index in [1.54, 1.807) is 6.20 Å². The SMILES string of the molecule is Cc1[nH]ncc1CNC(=O)c1coc2ccccc12. The molecule has 0 spiro atoms. The van der Waals surface area contributed by atoms with Gasteiger partial charge in [-0.15, -0.1) is 0 Å². The maximum absolute atomic E-state index is 12.1. The zero-order valence-corrected chi connectivity index (χ0v) is 10.4. The van der Waals surface area contributed by atoms with Gasteiger partial charge < -0.3 is 9.73 Å². The molecule has 0 bridgehead atoms. The van der Waals surface area contributed by atoms with E-state index in [9.17, 15) is 4.79 Å². The van der Waals surface area contributed by atoms with Crippen LogP contribution in [0.4, 0.5) is 0 Å². The molecule has 19 heavy (non-hydrogen) atoms. The number of benzene rings is 1. The molecule has 0 aliphatic carbocycles. The minimum Gasteiger partial charge on any atom is -0.463 e. The number of H-pyrrole nitrogens is 1. The molecular formula is C14H13N3O2. The lowest BCUT2D eigenvalue weighted by Gasteiger charge is -2.02. The molecule has 2 heterocycles. The summed E-state index contributed by atoms with van der Waals surface area (Å²) in [4.78, 5) is 12.1. The number of amides is 1. The molecule has 0 saturated heterocycles. The molecule has 0 unspecified atom stereocenters. The quantitative estimate of drug-likeness (QED) is 0.755. The minimum absolute atomic E-state index is 0.148. The van der Waals surface area contributed by atoms with Crippen LogP contribution in [-0.4, -0.2) is 16.1 Å². The number of fused-ring (bicyclic) bond motifs is 1. The summed E-state index contributed by atoms with van der Waals surface area (Å²) in [7, 11) is 0. The number of aromatic nitrogens is 2. The Bertz CT molecular complexity index is 727. The van der Waals surface area contributed by atoms with E-state index in [-0.39, 0.29) is 5.91 Å². The lowest BCUT2D eigenvalue weighted by molar-refractivity contribution is 0.0951. The van der Waals surface area contributed by atoms with Crippen LogP contribution in [0.1, 0.15) is 21.6 Å². The predicted octanol–water partition coefficient (Wildman–Crippen LogP) is 2.39. The summed E-state index contributed by atoms with van der Waals surface area (Å²) < 4.78 is 5.35. The van der Waals surface area contributed by atoms with Crippen LogP contribution >= 0.6 is 0 Å². The van der Waals surface area contributed by atoms with Crippen molar-refractivity contribution in [3.63, 3.8) is 0 Å². The van der Waals surface area contributed by atoms with Gasteiger partial charge in [-0.3, -0.25) is 9.89 Å². The normalized spacial score (nSPS) is 10.8. The van der Waals surface area contributed by atoms with Gasteiger partial charge in [0.1, 0.15) is 11.8 Å². The van der Waals surface area contributed by atoms with Crippen molar-refractivity contribution in [3.05, 3.63) is 53.5 Å². The number of carbonyl (C=O) groups excluding carboxylic acids is 1. The van der Waals surface area contributed by atoms with Gasteiger partial charge in [0.25, 0.3) is 5.91 Å². The Morgan fingerprint density at radius 1 is 1.42 bits per heavy atom. The fourth-order valence-corrected chi connectivity index (χ4v) is 1.98. The summed E-state index contributed by atoms with van der Waals surface area (Å²) in [5.41, 5.74) is 3.20. The second-order valence-electron chi connectivity index (χ2n) is 4.35. The summed E-state index contributed by atoms with van der Waals surface area (Å²) in [5, 5.41) is 10.4. The van der Waals surface area contributed by atoms with Gasteiger partial charge in [-0.05, 0) is 13.0 Å². The largest absolute Gasteiger partial charge is 0.463 e. The smallest absolute Gasteiger partial charge is 0.255 e. The molecular weight excluding hydrogens is 242 g/mol. The second-order valence-corrected chi connectivity index (χ2v) is 4.35. The van der Waals surface area contributed by atoms with Gasteiger partial charge in [0.05, 0.1) is 11.8 Å². The van der Waals surface area contributed by atoms with E-state index in [0.717, 1.165) is 16.6 Å². The summed E-state index contributed by atoms with van der Waals surface area (Å²) in [6.45, 7) is 2.36. The Hall–Kier alpha value is -2.56. The van der Waals surface area contributed by atoms with Gasteiger partial charge in [0, 0.05) is 23.2 Å². The summed E-state index contributed by atoms with van der Waals surface area (Å²) >= 11 is 0. The van der Waals surface area contributed by atoms with E-state index in [0.29, 0.717) is 17.7 Å². The minimum atomic E-state index is -0.148. The zero-order chi connectivity index (χ0) is 13.2. The van der Waals surface area contributed by atoms with Crippen LogP contribution in [0.25, 0.3) is 11.0 Å². The van der Waals surface area contributed by atoms with Crippen molar-refractivity contribution in [1.82, 2.24) is 15.5 Å². The molecule has 3 rings (SSSR count). The average molecular weight is 255 g/mol. The van der Waals surface area contributed by atoms with Gasteiger partial charge in [-0.2, -0.15) is 5.10 Å². The molecule has 0 atom stereocenters. The number of furan rings is 1. The van der Waals surface area contributed by atoms with Crippen molar-refractivity contribution in [2.45, 2.75) is 13.5 Å². The first kappa shape index (κ1) is 11.5. The Labute approximate surface area is 109 Å². The average Bonchev–Trinajstić information content (AvgIpc) is 3.02. The molecule has 0 saturated carbocycles.